The van der Waals surface area contributed by atoms with Gasteiger partial charge in [-0.15, -0.1) is 0 Å². The highest BCUT2D eigenvalue weighted by Crippen LogP contribution is 2.34. The smallest absolute Gasteiger partial charge is 0.243 e. The molecule has 2 aromatic rings. The largest absolute Gasteiger partial charge is 0.339 e. The first-order valence-corrected chi connectivity index (χ1v) is 12.4. The van der Waals surface area contributed by atoms with Crippen molar-refractivity contribution in [2.45, 2.75) is 30.7 Å². The fourth-order valence-electron chi connectivity index (χ4n) is 4.60. The third-order valence-electron chi connectivity index (χ3n) is 6.51. The Hall–Kier alpha value is -2.55. The van der Waals surface area contributed by atoms with E-state index in [-0.39, 0.29) is 35.7 Å². The molecule has 4 rings (SSSR count). The molecule has 0 spiro atoms. The highest BCUT2D eigenvalue weighted by Gasteiger charge is 2.32. The monoisotopic (exact) mass is 455 g/mol. The van der Waals surface area contributed by atoms with Crippen LogP contribution in [0.2, 0.25) is 0 Å². The molecule has 0 saturated carbocycles. The average molecular weight is 456 g/mol. The minimum atomic E-state index is -3.65. The Kier molecular flexibility index (Phi) is 6.46. The van der Waals surface area contributed by atoms with Crippen molar-refractivity contribution in [2.24, 2.45) is 0 Å². The van der Waals surface area contributed by atoms with E-state index >= 15 is 0 Å². The van der Waals surface area contributed by atoms with Crippen LogP contribution in [-0.2, 0) is 21.2 Å². The maximum atomic E-state index is 12.9. The van der Waals surface area contributed by atoms with Crippen LogP contribution < -0.4 is 0 Å². The summed E-state index contributed by atoms with van der Waals surface area (Å²) in [5, 5.41) is 0. The van der Waals surface area contributed by atoms with Gasteiger partial charge in [0.2, 0.25) is 15.9 Å². The number of carbonyl (C=O) groups excluding carboxylic acids is 2. The molecule has 2 aliphatic rings. The van der Waals surface area contributed by atoms with Gasteiger partial charge in [-0.1, -0.05) is 36.4 Å². The van der Waals surface area contributed by atoms with Crippen LogP contribution in [0.15, 0.2) is 53.4 Å². The first-order valence-electron chi connectivity index (χ1n) is 10.9. The number of Topliss-reactive ketones (excluding diaryl/α,β-unsaturated/α-hetero) is 1. The molecule has 1 atom stereocenters. The van der Waals surface area contributed by atoms with Crippen molar-refractivity contribution in [3.05, 3.63) is 65.2 Å². The summed E-state index contributed by atoms with van der Waals surface area (Å²) in [6, 6.07) is 14.6. The minimum Gasteiger partial charge on any atom is -0.339 e. The van der Waals surface area contributed by atoms with E-state index in [0.29, 0.717) is 25.2 Å². The van der Waals surface area contributed by atoms with Crippen molar-refractivity contribution in [3.8, 4) is 0 Å². The molecule has 7 nitrogen and oxygen atoms in total. The van der Waals surface area contributed by atoms with Crippen LogP contribution in [0.5, 0.6) is 0 Å². The average Bonchev–Trinajstić information content (AvgIpc) is 3.23. The summed E-state index contributed by atoms with van der Waals surface area (Å²) in [6.45, 7) is 3.04. The van der Waals surface area contributed by atoms with Crippen molar-refractivity contribution < 1.29 is 18.0 Å². The van der Waals surface area contributed by atoms with Crippen LogP contribution in [0.1, 0.15) is 40.9 Å². The summed E-state index contributed by atoms with van der Waals surface area (Å²) in [6.07, 6.45) is 2.04. The van der Waals surface area contributed by atoms with E-state index in [0.717, 1.165) is 12.8 Å². The molecule has 0 N–H and O–H groups in total. The summed E-state index contributed by atoms with van der Waals surface area (Å²) < 4.78 is 27.3. The Morgan fingerprint density at radius 3 is 2.31 bits per heavy atom. The van der Waals surface area contributed by atoms with E-state index in [4.69, 9.17) is 0 Å². The molecule has 170 valence electrons. The number of nitrogens with zero attached hydrogens (tertiary/aromatic N) is 3. The lowest BCUT2D eigenvalue weighted by Crippen LogP contribution is -2.52. The molecule has 1 amide bonds. The van der Waals surface area contributed by atoms with E-state index in [1.807, 2.05) is 13.1 Å². The second-order valence-electron chi connectivity index (χ2n) is 8.53. The highest BCUT2D eigenvalue weighted by atomic mass is 32.2. The third-order valence-corrected chi connectivity index (χ3v) is 8.42. The van der Waals surface area contributed by atoms with Crippen LogP contribution in [-0.4, -0.2) is 74.0 Å². The Morgan fingerprint density at radius 2 is 1.66 bits per heavy atom. The number of piperazine rings is 1. The van der Waals surface area contributed by atoms with Crippen molar-refractivity contribution in [3.63, 3.8) is 0 Å². The Bertz CT molecular complexity index is 1110. The fourth-order valence-corrected chi connectivity index (χ4v) is 6.03. The zero-order valence-electron chi connectivity index (χ0n) is 18.5. The van der Waals surface area contributed by atoms with E-state index in [2.05, 4.69) is 23.1 Å². The molecule has 1 unspecified atom stereocenters. The van der Waals surface area contributed by atoms with Crippen molar-refractivity contribution in [1.82, 2.24) is 14.1 Å². The number of rotatable bonds is 6. The molecule has 1 heterocycles. The highest BCUT2D eigenvalue weighted by molar-refractivity contribution is 7.89. The van der Waals surface area contributed by atoms with Crippen molar-refractivity contribution in [2.75, 3.05) is 39.8 Å². The molecule has 32 heavy (non-hydrogen) atoms. The number of fused-ring (bicyclic) bond motifs is 1. The van der Waals surface area contributed by atoms with Gasteiger partial charge in [-0.25, -0.2) is 8.42 Å². The lowest BCUT2D eigenvalue weighted by Gasteiger charge is -2.35. The van der Waals surface area contributed by atoms with Crippen LogP contribution in [0.4, 0.5) is 0 Å². The standard InChI is InChI=1S/C24H29N3O4S/c1-18(28)19-7-10-21(11-8-19)32(30,31)27-15-13-26(14-16-27)24(29)17-25(2)23-12-9-20-5-3-4-6-22(20)23/h3-8,10-11,23H,9,12-17H2,1-2H3. The quantitative estimate of drug-likeness (QED) is 0.625. The number of aryl methyl sites for hydroxylation is 1. The van der Waals surface area contributed by atoms with Crippen LogP contribution >= 0.6 is 0 Å². The van der Waals surface area contributed by atoms with Crippen molar-refractivity contribution in [1.29, 1.82) is 0 Å². The first kappa shape index (κ1) is 22.6. The predicted octanol–water partition coefficient (Wildman–Crippen LogP) is 2.34. The molecule has 1 aliphatic carbocycles. The number of hydrogen-bond donors (Lipinski definition) is 0. The summed E-state index contributed by atoms with van der Waals surface area (Å²) in [7, 11) is -1.67. The Morgan fingerprint density at radius 1 is 1.00 bits per heavy atom. The molecule has 0 aromatic heterocycles. The summed E-state index contributed by atoms with van der Waals surface area (Å²) in [5.74, 6) is -0.0770. The second kappa shape index (κ2) is 9.13. The van der Waals surface area contributed by atoms with Gasteiger partial charge in [0.05, 0.1) is 11.4 Å². The van der Waals surface area contributed by atoms with Crippen molar-refractivity contribution >= 4 is 21.7 Å². The van der Waals surface area contributed by atoms with E-state index in [1.54, 1.807) is 4.90 Å². The lowest BCUT2D eigenvalue weighted by molar-refractivity contribution is -0.133. The summed E-state index contributed by atoms with van der Waals surface area (Å²) in [4.78, 5) is 28.3. The topological polar surface area (TPSA) is 78.0 Å². The molecule has 2 aromatic carbocycles. The third kappa shape index (κ3) is 4.48. The van der Waals surface area contributed by atoms with E-state index in [1.165, 1.54) is 46.6 Å². The van der Waals surface area contributed by atoms with Crippen LogP contribution in [0.25, 0.3) is 0 Å². The number of carbonyl (C=O) groups is 2. The summed E-state index contributed by atoms with van der Waals surface area (Å²) in [5.41, 5.74) is 3.13. The van der Waals surface area contributed by atoms with Gasteiger partial charge in [0.25, 0.3) is 0 Å². The van der Waals surface area contributed by atoms with Crippen LogP contribution in [0.3, 0.4) is 0 Å². The zero-order valence-corrected chi connectivity index (χ0v) is 19.3. The molecular formula is C24H29N3O4S. The van der Waals surface area contributed by atoms with Gasteiger partial charge in [-0.3, -0.25) is 14.5 Å². The minimum absolute atomic E-state index is 0.0275. The molecule has 1 saturated heterocycles. The van der Waals surface area contributed by atoms with Crippen LogP contribution in [0, 0.1) is 0 Å². The molecular weight excluding hydrogens is 426 g/mol. The molecule has 0 bridgehead atoms. The zero-order chi connectivity index (χ0) is 22.9. The number of hydrogen-bond acceptors (Lipinski definition) is 5. The Balaban J connectivity index is 1.34. The van der Waals surface area contributed by atoms with Gasteiger partial charge >= 0.3 is 0 Å². The normalized spacial score (nSPS) is 19.2. The molecule has 1 aliphatic heterocycles. The number of likely N-dealkylation sites (N-methyl/N-ethyl adjacent to an activating group) is 1. The van der Waals surface area contributed by atoms with E-state index in [9.17, 15) is 18.0 Å². The number of benzene rings is 2. The number of ketones is 1. The SMILES string of the molecule is CC(=O)c1ccc(S(=O)(=O)N2CCN(C(=O)CN(C)C3CCc4ccccc43)CC2)cc1. The van der Waals surface area contributed by atoms with Gasteiger partial charge in [0.1, 0.15) is 0 Å². The molecule has 0 radical (unpaired) electrons. The van der Waals surface area contributed by atoms with Gasteiger partial charge in [0, 0.05) is 37.8 Å². The van der Waals surface area contributed by atoms with E-state index < -0.39 is 10.0 Å². The Labute approximate surface area is 189 Å². The lowest BCUT2D eigenvalue weighted by atomic mass is 10.1. The maximum absolute atomic E-state index is 12.9. The number of amides is 1. The predicted molar refractivity (Wildman–Crippen MR) is 122 cm³/mol. The fraction of sp³-hybridized carbons (Fsp3) is 0.417. The number of sulfonamides is 1. The second-order valence-corrected chi connectivity index (χ2v) is 10.5. The maximum Gasteiger partial charge on any atom is 0.243 e. The van der Waals surface area contributed by atoms with Gasteiger partial charge in [-0.05, 0) is 50.1 Å². The van der Waals surface area contributed by atoms with Gasteiger partial charge in [-0.2, -0.15) is 4.31 Å². The van der Waals surface area contributed by atoms with Gasteiger partial charge < -0.3 is 4.90 Å². The van der Waals surface area contributed by atoms with Gasteiger partial charge in [0.15, 0.2) is 5.78 Å². The molecule has 8 heteroatoms. The first-order chi connectivity index (χ1) is 15.3. The molecule has 1 fully saturated rings. The summed E-state index contributed by atoms with van der Waals surface area (Å²) >= 11 is 0.